The van der Waals surface area contributed by atoms with Crippen molar-refractivity contribution >= 4 is 17.6 Å². The van der Waals surface area contributed by atoms with Gasteiger partial charge in [0.25, 0.3) is 0 Å². The van der Waals surface area contributed by atoms with E-state index in [0.717, 1.165) is 30.0 Å². The van der Waals surface area contributed by atoms with Crippen LogP contribution >= 0.6 is 0 Å². The van der Waals surface area contributed by atoms with Gasteiger partial charge in [0.05, 0.1) is 12.1 Å². The van der Waals surface area contributed by atoms with Crippen molar-refractivity contribution < 1.29 is 22.8 Å². The van der Waals surface area contributed by atoms with Crippen molar-refractivity contribution in [3.63, 3.8) is 0 Å². The van der Waals surface area contributed by atoms with Crippen LogP contribution in [0.2, 0.25) is 0 Å². The maximum atomic E-state index is 12.7. The zero-order chi connectivity index (χ0) is 23.9. The monoisotopic (exact) mass is 478 g/mol. The van der Waals surface area contributed by atoms with Crippen LogP contribution in [0.5, 0.6) is 0 Å². The molecular weight excluding hydrogens is 445 g/mol. The fraction of sp³-hybridized carbons (Fsp3) is 0.720. The minimum atomic E-state index is -4.40. The number of pyridine rings is 1. The van der Waals surface area contributed by atoms with Gasteiger partial charge in [0.15, 0.2) is 0 Å². The van der Waals surface area contributed by atoms with Crippen molar-refractivity contribution in [1.82, 2.24) is 15.6 Å². The van der Waals surface area contributed by atoms with Gasteiger partial charge in [-0.1, -0.05) is 0 Å². The second-order valence-electron chi connectivity index (χ2n) is 11.1. The Hall–Kier alpha value is -2.32. The number of piperidine rings is 1. The topological polar surface area (TPSA) is 74.3 Å². The summed E-state index contributed by atoms with van der Waals surface area (Å²) in [5, 5.41) is 5.82. The van der Waals surface area contributed by atoms with Crippen LogP contribution in [-0.2, 0) is 15.8 Å². The van der Waals surface area contributed by atoms with Gasteiger partial charge in [0, 0.05) is 31.7 Å². The molecule has 9 heteroatoms. The zero-order valence-corrected chi connectivity index (χ0v) is 19.4. The van der Waals surface area contributed by atoms with E-state index >= 15 is 0 Å². The molecule has 34 heavy (non-hydrogen) atoms. The van der Waals surface area contributed by atoms with Crippen LogP contribution in [0.25, 0.3) is 0 Å². The Bertz CT molecular complexity index is 874. The van der Waals surface area contributed by atoms with Crippen LogP contribution in [0.4, 0.5) is 19.0 Å². The lowest BCUT2D eigenvalue weighted by molar-refractivity contribution is -0.137. The first-order valence-electron chi connectivity index (χ1n) is 12.5. The van der Waals surface area contributed by atoms with Crippen molar-refractivity contribution in [1.29, 1.82) is 0 Å². The molecule has 6 nitrogen and oxygen atoms in total. The summed E-state index contributed by atoms with van der Waals surface area (Å²) >= 11 is 0. The molecule has 0 spiro atoms. The van der Waals surface area contributed by atoms with Gasteiger partial charge in [-0.05, 0) is 86.7 Å². The Kier molecular flexibility index (Phi) is 6.23. The summed E-state index contributed by atoms with van der Waals surface area (Å²) in [4.78, 5) is 30.9. The molecule has 4 aliphatic carbocycles. The summed E-state index contributed by atoms with van der Waals surface area (Å²) in [6.07, 6.45) is 5.91. The summed E-state index contributed by atoms with van der Waals surface area (Å²) < 4.78 is 38.2. The molecule has 0 aromatic carbocycles. The van der Waals surface area contributed by atoms with Crippen molar-refractivity contribution in [2.24, 2.45) is 23.2 Å². The Balaban J connectivity index is 1.03. The van der Waals surface area contributed by atoms with Crippen LogP contribution < -0.4 is 15.5 Å². The number of alkyl halides is 3. The molecule has 0 radical (unpaired) electrons. The molecule has 2 amide bonds. The number of carbonyl (C=O) groups excluding carboxylic acids is 2. The number of rotatable bonds is 6. The average molecular weight is 479 g/mol. The van der Waals surface area contributed by atoms with E-state index in [0.29, 0.717) is 38.2 Å². The Morgan fingerprint density at radius 1 is 1.00 bits per heavy atom. The van der Waals surface area contributed by atoms with Crippen LogP contribution in [0.15, 0.2) is 18.3 Å². The molecule has 1 aromatic rings. The van der Waals surface area contributed by atoms with Crippen LogP contribution in [0, 0.1) is 23.2 Å². The lowest BCUT2D eigenvalue weighted by Gasteiger charge is -2.56. The maximum absolute atomic E-state index is 12.7. The van der Waals surface area contributed by atoms with Gasteiger partial charge in [-0.3, -0.25) is 9.59 Å². The first-order chi connectivity index (χ1) is 16.2. The van der Waals surface area contributed by atoms with Gasteiger partial charge in [0.2, 0.25) is 11.8 Å². The van der Waals surface area contributed by atoms with Gasteiger partial charge in [-0.2, -0.15) is 13.2 Å². The molecule has 0 atom stereocenters. The van der Waals surface area contributed by atoms with E-state index in [1.54, 1.807) is 0 Å². The molecule has 1 aliphatic heterocycles. The lowest BCUT2D eigenvalue weighted by Crippen LogP contribution is -2.49. The molecule has 6 rings (SSSR count). The number of nitrogens with one attached hydrogen (secondary N) is 2. The number of hydrogen-bond donors (Lipinski definition) is 2. The number of anilines is 1. The second-order valence-corrected chi connectivity index (χ2v) is 11.1. The number of amides is 2. The Morgan fingerprint density at radius 3 is 2.15 bits per heavy atom. The van der Waals surface area contributed by atoms with E-state index in [1.165, 1.54) is 44.6 Å². The Labute approximate surface area is 198 Å². The summed E-state index contributed by atoms with van der Waals surface area (Å²) in [7, 11) is 0. The fourth-order valence-corrected chi connectivity index (χ4v) is 7.36. The minimum absolute atomic E-state index is 0.00806. The predicted molar refractivity (Wildman–Crippen MR) is 121 cm³/mol. The quantitative estimate of drug-likeness (QED) is 0.650. The van der Waals surface area contributed by atoms with E-state index < -0.39 is 11.7 Å². The molecule has 1 aromatic heterocycles. The van der Waals surface area contributed by atoms with E-state index in [4.69, 9.17) is 0 Å². The standard InChI is InChI=1S/C25H33F3N4O2/c26-25(27,28)19-1-2-21(29-14-19)32-5-3-20(4-6-32)31-23(34)15-30-22(33)13-24-10-16-7-17(11-24)9-18(8-16)12-24/h1-2,14,16-18,20H,3-13,15H2,(H,30,33)(H,31,34). The molecule has 186 valence electrons. The molecule has 0 unspecified atom stereocenters. The third kappa shape index (κ3) is 5.18. The molecule has 4 saturated carbocycles. The molecule has 5 aliphatic rings. The highest BCUT2D eigenvalue weighted by molar-refractivity contribution is 5.85. The van der Waals surface area contributed by atoms with Gasteiger partial charge < -0.3 is 15.5 Å². The van der Waals surface area contributed by atoms with Crippen molar-refractivity contribution in [3.05, 3.63) is 23.9 Å². The lowest BCUT2D eigenvalue weighted by atomic mass is 9.49. The SMILES string of the molecule is O=C(CC12CC3CC(CC(C3)C1)C2)NCC(=O)NC1CCN(c2ccc(C(F)(F)F)cn2)CC1. The average Bonchev–Trinajstić information content (AvgIpc) is 2.76. The van der Waals surface area contributed by atoms with Crippen LogP contribution in [0.3, 0.4) is 0 Å². The highest BCUT2D eigenvalue weighted by Crippen LogP contribution is 2.61. The van der Waals surface area contributed by atoms with Crippen molar-refractivity contribution in [2.75, 3.05) is 24.5 Å². The number of nitrogens with zero attached hydrogens (tertiary/aromatic N) is 2. The second kappa shape index (κ2) is 9.04. The highest BCUT2D eigenvalue weighted by atomic mass is 19.4. The van der Waals surface area contributed by atoms with E-state index in [-0.39, 0.29) is 29.8 Å². The first-order valence-corrected chi connectivity index (χ1v) is 12.5. The third-order valence-corrected chi connectivity index (χ3v) is 8.41. The van der Waals surface area contributed by atoms with Gasteiger partial charge in [-0.25, -0.2) is 4.98 Å². The fourth-order valence-electron chi connectivity index (χ4n) is 7.36. The first kappa shape index (κ1) is 23.4. The molecule has 1 saturated heterocycles. The summed E-state index contributed by atoms with van der Waals surface area (Å²) in [6.45, 7) is 1.19. The summed E-state index contributed by atoms with van der Waals surface area (Å²) in [5.41, 5.74) is -0.599. The summed E-state index contributed by atoms with van der Waals surface area (Å²) in [6, 6.07) is 2.42. The van der Waals surface area contributed by atoms with Crippen molar-refractivity contribution in [3.8, 4) is 0 Å². The largest absolute Gasteiger partial charge is 0.417 e. The van der Waals surface area contributed by atoms with Gasteiger partial charge in [0.1, 0.15) is 5.82 Å². The third-order valence-electron chi connectivity index (χ3n) is 8.41. The number of carbonyl (C=O) groups is 2. The summed E-state index contributed by atoms with van der Waals surface area (Å²) in [5.74, 6) is 2.70. The molecule has 4 bridgehead atoms. The number of halogens is 3. The van der Waals surface area contributed by atoms with Gasteiger partial charge in [-0.15, -0.1) is 0 Å². The number of aromatic nitrogens is 1. The molecule has 2 N–H and O–H groups in total. The molecule has 5 fully saturated rings. The van der Waals surface area contributed by atoms with Crippen molar-refractivity contribution in [2.45, 2.75) is 70.0 Å². The minimum Gasteiger partial charge on any atom is -0.356 e. The van der Waals surface area contributed by atoms with Crippen LogP contribution in [0.1, 0.15) is 63.4 Å². The Morgan fingerprint density at radius 2 is 1.62 bits per heavy atom. The predicted octanol–water partition coefficient (Wildman–Crippen LogP) is 3.91. The smallest absolute Gasteiger partial charge is 0.356 e. The highest BCUT2D eigenvalue weighted by Gasteiger charge is 2.51. The molecular formula is C25H33F3N4O2. The van der Waals surface area contributed by atoms with Gasteiger partial charge >= 0.3 is 6.18 Å². The number of hydrogen-bond acceptors (Lipinski definition) is 4. The van der Waals surface area contributed by atoms with E-state index in [9.17, 15) is 22.8 Å². The molecule has 2 heterocycles. The van der Waals surface area contributed by atoms with E-state index in [1.807, 2.05) is 4.90 Å². The normalized spacial score (nSPS) is 30.9. The van der Waals surface area contributed by atoms with E-state index in [2.05, 4.69) is 15.6 Å². The maximum Gasteiger partial charge on any atom is 0.417 e. The zero-order valence-electron chi connectivity index (χ0n) is 19.4. The van der Waals surface area contributed by atoms with Crippen LogP contribution in [-0.4, -0.2) is 42.5 Å².